The highest BCUT2D eigenvalue weighted by molar-refractivity contribution is 5.03. The van der Waals surface area contributed by atoms with Gasteiger partial charge >= 0.3 is 5.69 Å². The number of H-pyrrole nitrogens is 1. The predicted molar refractivity (Wildman–Crippen MR) is 74.4 cm³/mol. The molecule has 3 atom stereocenters. The van der Waals surface area contributed by atoms with Gasteiger partial charge in [-0.1, -0.05) is 0 Å². The van der Waals surface area contributed by atoms with Gasteiger partial charge in [-0.05, 0) is 6.92 Å². The molecule has 2 heterocycles. The van der Waals surface area contributed by atoms with E-state index in [0.29, 0.717) is 5.56 Å². The highest BCUT2D eigenvalue weighted by Crippen LogP contribution is 2.35. The average molecular weight is 316 g/mol. The Morgan fingerprint density at radius 3 is 2.82 bits per heavy atom. The zero-order valence-corrected chi connectivity index (χ0v) is 12.4. The predicted octanol–water partition coefficient (Wildman–Crippen LogP) is -1.74. The van der Waals surface area contributed by atoms with Gasteiger partial charge in [0, 0.05) is 18.9 Å². The molecule has 0 radical (unpaired) electrons. The second-order valence-corrected chi connectivity index (χ2v) is 5.11. The molecule has 0 saturated carbocycles. The fraction of sp³-hybridized carbons (Fsp3) is 0.692. The van der Waals surface area contributed by atoms with Crippen molar-refractivity contribution >= 4 is 0 Å². The second kappa shape index (κ2) is 6.71. The van der Waals surface area contributed by atoms with Gasteiger partial charge in [0.15, 0.2) is 0 Å². The molecular formula is C13H20N2O7. The van der Waals surface area contributed by atoms with Crippen molar-refractivity contribution in [1.29, 1.82) is 0 Å². The number of nitrogens with zero attached hydrogens (tertiary/aromatic N) is 1. The minimum absolute atomic E-state index is 0.0622. The van der Waals surface area contributed by atoms with Gasteiger partial charge in [-0.25, -0.2) is 9.36 Å². The van der Waals surface area contributed by atoms with E-state index in [9.17, 15) is 19.8 Å². The van der Waals surface area contributed by atoms with Crippen LogP contribution in [0.1, 0.15) is 12.0 Å². The van der Waals surface area contributed by atoms with Crippen molar-refractivity contribution in [2.24, 2.45) is 0 Å². The molecule has 1 aliphatic rings. The van der Waals surface area contributed by atoms with Gasteiger partial charge in [-0.15, -0.1) is 0 Å². The van der Waals surface area contributed by atoms with Gasteiger partial charge in [0.2, 0.25) is 0 Å². The van der Waals surface area contributed by atoms with Crippen LogP contribution in [0.2, 0.25) is 0 Å². The standard InChI is InChI=1S/C13H20N2O7/c1-8-6-15(12(19)14-11(8)18)13(21-4-3-20-2)5-9(17)10(7-16)22-13/h6,9-10,16-17H,3-5,7H2,1-2H3,(H,14,18,19)/t9-,10+,13+/m0/s1. The van der Waals surface area contributed by atoms with E-state index >= 15 is 0 Å². The first-order valence-electron chi connectivity index (χ1n) is 6.86. The number of hydrogen-bond acceptors (Lipinski definition) is 7. The van der Waals surface area contributed by atoms with Crippen LogP contribution in [0.25, 0.3) is 0 Å². The van der Waals surface area contributed by atoms with Crippen LogP contribution in [-0.2, 0) is 20.1 Å². The van der Waals surface area contributed by atoms with Crippen LogP contribution in [0.15, 0.2) is 15.8 Å². The number of nitrogens with one attached hydrogen (secondary N) is 1. The lowest BCUT2D eigenvalue weighted by molar-refractivity contribution is -0.291. The number of aliphatic hydroxyl groups is 2. The molecule has 0 aromatic carbocycles. The van der Waals surface area contributed by atoms with E-state index < -0.39 is 36.0 Å². The fourth-order valence-corrected chi connectivity index (χ4v) is 2.34. The van der Waals surface area contributed by atoms with E-state index in [2.05, 4.69) is 4.98 Å². The number of rotatable bonds is 6. The van der Waals surface area contributed by atoms with Crippen molar-refractivity contribution in [2.75, 3.05) is 26.9 Å². The third-order valence-corrected chi connectivity index (χ3v) is 3.51. The molecule has 1 aromatic rings. The minimum Gasteiger partial charge on any atom is -0.394 e. The maximum Gasteiger partial charge on any atom is 0.332 e. The van der Waals surface area contributed by atoms with Gasteiger partial charge in [0.05, 0.1) is 32.3 Å². The molecule has 0 bridgehead atoms. The van der Waals surface area contributed by atoms with Crippen LogP contribution in [0.4, 0.5) is 0 Å². The molecule has 0 amide bonds. The summed E-state index contributed by atoms with van der Waals surface area (Å²) in [5, 5.41) is 19.2. The van der Waals surface area contributed by atoms with E-state index in [1.165, 1.54) is 20.2 Å². The number of hydrogen-bond donors (Lipinski definition) is 3. The van der Waals surface area contributed by atoms with Gasteiger partial charge in [-0.2, -0.15) is 0 Å². The molecule has 1 aliphatic heterocycles. The number of aromatic nitrogens is 2. The summed E-state index contributed by atoms with van der Waals surface area (Å²) >= 11 is 0. The summed E-state index contributed by atoms with van der Waals surface area (Å²) in [6, 6.07) is 0. The highest BCUT2D eigenvalue weighted by Gasteiger charge is 2.49. The number of aliphatic hydroxyl groups excluding tert-OH is 2. The molecule has 0 aliphatic carbocycles. The maximum absolute atomic E-state index is 12.1. The van der Waals surface area contributed by atoms with E-state index in [0.717, 1.165) is 4.57 Å². The number of aryl methyl sites for hydroxylation is 1. The molecule has 9 heteroatoms. The Labute approximate surface area is 126 Å². The van der Waals surface area contributed by atoms with Crippen molar-refractivity contribution < 1.29 is 24.4 Å². The molecule has 3 N–H and O–H groups in total. The van der Waals surface area contributed by atoms with Crippen molar-refractivity contribution in [3.63, 3.8) is 0 Å². The van der Waals surface area contributed by atoms with Crippen LogP contribution in [0.5, 0.6) is 0 Å². The van der Waals surface area contributed by atoms with E-state index in [-0.39, 0.29) is 19.6 Å². The zero-order chi connectivity index (χ0) is 16.3. The Morgan fingerprint density at radius 1 is 1.50 bits per heavy atom. The largest absolute Gasteiger partial charge is 0.394 e. The number of aromatic amines is 1. The Morgan fingerprint density at radius 2 is 2.23 bits per heavy atom. The fourth-order valence-electron chi connectivity index (χ4n) is 2.34. The summed E-state index contributed by atoms with van der Waals surface area (Å²) in [7, 11) is 1.49. The third kappa shape index (κ3) is 3.13. The molecular weight excluding hydrogens is 296 g/mol. The van der Waals surface area contributed by atoms with Crippen LogP contribution < -0.4 is 11.2 Å². The van der Waals surface area contributed by atoms with Gasteiger partial charge < -0.3 is 24.4 Å². The summed E-state index contributed by atoms with van der Waals surface area (Å²) in [6.07, 6.45) is -0.651. The van der Waals surface area contributed by atoms with E-state index in [1.54, 1.807) is 0 Å². The zero-order valence-electron chi connectivity index (χ0n) is 12.4. The first-order valence-corrected chi connectivity index (χ1v) is 6.86. The van der Waals surface area contributed by atoms with Crippen LogP contribution in [0.3, 0.4) is 0 Å². The van der Waals surface area contributed by atoms with Gasteiger partial charge in [-0.3, -0.25) is 9.78 Å². The van der Waals surface area contributed by atoms with E-state index in [1.807, 2.05) is 0 Å². The lowest BCUT2D eigenvalue weighted by Gasteiger charge is -2.30. The summed E-state index contributed by atoms with van der Waals surface area (Å²) in [5.41, 5.74) is -0.941. The first-order chi connectivity index (χ1) is 10.4. The molecule has 1 fully saturated rings. The maximum atomic E-state index is 12.1. The molecule has 0 unspecified atom stereocenters. The first kappa shape index (κ1) is 16.8. The molecule has 22 heavy (non-hydrogen) atoms. The highest BCUT2D eigenvalue weighted by atomic mass is 16.7. The SMILES string of the molecule is COCCO[C@]1(n2cc(C)c(=O)[nH]c2=O)C[C@H](O)[C@@H](CO)O1. The quantitative estimate of drug-likeness (QED) is 0.532. The Hall–Kier alpha value is -1.52. The topological polar surface area (TPSA) is 123 Å². The van der Waals surface area contributed by atoms with Crippen LogP contribution >= 0.6 is 0 Å². The Balaban J connectivity index is 2.43. The normalized spacial score (nSPS) is 28.2. The van der Waals surface area contributed by atoms with Gasteiger partial charge in [0.25, 0.3) is 11.5 Å². The second-order valence-electron chi connectivity index (χ2n) is 5.11. The molecule has 2 rings (SSSR count). The van der Waals surface area contributed by atoms with Crippen molar-refractivity contribution in [3.05, 3.63) is 32.6 Å². The summed E-state index contributed by atoms with van der Waals surface area (Å²) in [6.45, 7) is 1.47. The third-order valence-electron chi connectivity index (χ3n) is 3.51. The van der Waals surface area contributed by atoms with E-state index in [4.69, 9.17) is 14.2 Å². The molecule has 0 spiro atoms. The van der Waals surface area contributed by atoms with Crippen LogP contribution in [-0.4, -0.2) is 58.9 Å². The van der Waals surface area contributed by atoms with Crippen molar-refractivity contribution in [1.82, 2.24) is 9.55 Å². The molecule has 9 nitrogen and oxygen atoms in total. The minimum atomic E-state index is -1.60. The van der Waals surface area contributed by atoms with Crippen molar-refractivity contribution in [2.45, 2.75) is 31.5 Å². The monoisotopic (exact) mass is 316 g/mol. The number of ether oxygens (including phenoxy) is 3. The smallest absolute Gasteiger partial charge is 0.332 e. The Bertz CT molecular complexity index is 626. The Kier molecular flexibility index (Phi) is 5.14. The number of methoxy groups -OCH3 is 1. The van der Waals surface area contributed by atoms with Crippen molar-refractivity contribution in [3.8, 4) is 0 Å². The molecule has 124 valence electrons. The summed E-state index contributed by atoms with van der Waals surface area (Å²) in [5.74, 6) is -1.60. The van der Waals surface area contributed by atoms with Crippen LogP contribution in [0, 0.1) is 6.92 Å². The lowest BCUT2D eigenvalue weighted by Crippen LogP contribution is -2.47. The average Bonchev–Trinajstić information content (AvgIpc) is 2.80. The molecule has 1 saturated heterocycles. The summed E-state index contributed by atoms with van der Waals surface area (Å²) < 4.78 is 17.2. The summed E-state index contributed by atoms with van der Waals surface area (Å²) in [4.78, 5) is 25.8. The van der Waals surface area contributed by atoms with Gasteiger partial charge in [0.1, 0.15) is 6.10 Å². The lowest BCUT2D eigenvalue weighted by atomic mass is 10.1. The molecule has 1 aromatic heterocycles.